The predicted octanol–water partition coefficient (Wildman–Crippen LogP) is 4.38. The van der Waals surface area contributed by atoms with Crippen LogP contribution in [0.15, 0.2) is 41.4 Å². The highest BCUT2D eigenvalue weighted by molar-refractivity contribution is 7.98. The number of hydrogen-bond acceptors (Lipinski definition) is 3. The normalized spacial score (nSPS) is 10.4. The van der Waals surface area contributed by atoms with E-state index in [4.69, 9.17) is 28.3 Å². The van der Waals surface area contributed by atoms with Gasteiger partial charge in [-0.3, -0.25) is 0 Å². The first-order valence-electron chi connectivity index (χ1n) is 5.32. The molecule has 0 aliphatic heterocycles. The Kier molecular flexibility index (Phi) is 4.69. The lowest BCUT2D eigenvalue weighted by molar-refractivity contribution is 0.0690. The van der Waals surface area contributed by atoms with Crippen LogP contribution in [0.5, 0.6) is 0 Å². The molecule has 0 amide bonds. The fourth-order valence-electron chi connectivity index (χ4n) is 1.42. The zero-order valence-electron chi connectivity index (χ0n) is 9.64. The number of nitrogens with zero attached hydrogens (tertiary/aromatic N) is 1. The van der Waals surface area contributed by atoms with Gasteiger partial charge in [0.05, 0.1) is 0 Å². The molecule has 0 saturated carbocycles. The number of hydrogen-bond donors (Lipinski definition) is 1. The Hall–Kier alpha value is -1.23. The number of carboxylic acid groups (broad SMARTS) is 1. The highest BCUT2D eigenvalue weighted by Gasteiger charge is 2.07. The van der Waals surface area contributed by atoms with Gasteiger partial charge >= 0.3 is 5.97 Å². The van der Waals surface area contributed by atoms with Crippen molar-refractivity contribution in [3.8, 4) is 0 Å². The highest BCUT2D eigenvalue weighted by Crippen LogP contribution is 2.28. The van der Waals surface area contributed by atoms with Gasteiger partial charge in [-0.2, -0.15) is 0 Å². The Morgan fingerprint density at radius 3 is 2.74 bits per heavy atom. The Labute approximate surface area is 124 Å². The molecule has 2 aromatic rings. The Balaban J connectivity index is 2.10. The fourth-order valence-corrected chi connectivity index (χ4v) is 2.90. The first-order chi connectivity index (χ1) is 9.06. The van der Waals surface area contributed by atoms with Gasteiger partial charge in [-0.15, -0.1) is 11.8 Å². The summed E-state index contributed by atoms with van der Waals surface area (Å²) >= 11 is 13.4. The summed E-state index contributed by atoms with van der Waals surface area (Å²) in [5.41, 5.74) is 0.983. The van der Waals surface area contributed by atoms with Crippen LogP contribution in [-0.2, 0) is 5.75 Å². The first kappa shape index (κ1) is 14.2. The van der Waals surface area contributed by atoms with Crippen molar-refractivity contribution in [1.82, 2.24) is 4.98 Å². The largest absolute Gasteiger partial charge is 0.477 e. The van der Waals surface area contributed by atoms with Crippen LogP contribution >= 0.6 is 35.0 Å². The highest BCUT2D eigenvalue weighted by atomic mass is 35.5. The third kappa shape index (κ3) is 3.86. The summed E-state index contributed by atoms with van der Waals surface area (Å²) in [4.78, 5) is 15.4. The van der Waals surface area contributed by atoms with E-state index in [2.05, 4.69) is 4.98 Å². The van der Waals surface area contributed by atoms with Crippen molar-refractivity contribution in [2.24, 2.45) is 0 Å². The van der Waals surface area contributed by atoms with E-state index in [9.17, 15) is 4.79 Å². The number of carboxylic acids is 1. The minimum absolute atomic E-state index is 0.0344. The molecular formula is C13H9Cl2NO2S. The smallest absolute Gasteiger partial charge is 0.354 e. The minimum Gasteiger partial charge on any atom is -0.477 e. The molecule has 0 unspecified atom stereocenters. The standard InChI is InChI=1S/C13H9Cl2NO2S/c14-9-2-1-8(11(15)5-9)7-19-10-3-4-16-12(6-10)13(17)18/h1-6H,7H2,(H,17,18). The molecule has 0 fully saturated rings. The lowest BCUT2D eigenvalue weighted by atomic mass is 10.2. The Morgan fingerprint density at radius 1 is 1.26 bits per heavy atom. The number of pyridine rings is 1. The molecule has 1 aromatic heterocycles. The van der Waals surface area contributed by atoms with Crippen molar-refractivity contribution in [1.29, 1.82) is 0 Å². The second kappa shape index (κ2) is 6.28. The molecule has 1 heterocycles. The van der Waals surface area contributed by atoms with Crippen molar-refractivity contribution >= 4 is 40.9 Å². The summed E-state index contributed by atoms with van der Waals surface area (Å²) in [6.07, 6.45) is 1.48. The molecular weight excluding hydrogens is 305 g/mol. The molecule has 0 bridgehead atoms. The number of aromatic nitrogens is 1. The number of benzene rings is 1. The van der Waals surface area contributed by atoms with Gasteiger partial charge in [-0.05, 0) is 29.8 Å². The molecule has 3 nitrogen and oxygen atoms in total. The molecule has 0 radical (unpaired) electrons. The topological polar surface area (TPSA) is 50.2 Å². The average molecular weight is 314 g/mol. The third-order valence-corrected chi connectivity index (χ3v) is 3.99. The summed E-state index contributed by atoms with van der Waals surface area (Å²) in [7, 11) is 0. The van der Waals surface area contributed by atoms with E-state index in [-0.39, 0.29) is 5.69 Å². The monoisotopic (exact) mass is 313 g/mol. The van der Waals surface area contributed by atoms with E-state index in [1.165, 1.54) is 24.0 Å². The maximum atomic E-state index is 10.8. The van der Waals surface area contributed by atoms with Crippen LogP contribution in [0.3, 0.4) is 0 Å². The van der Waals surface area contributed by atoms with Crippen molar-refractivity contribution in [3.63, 3.8) is 0 Å². The minimum atomic E-state index is -1.04. The summed E-state index contributed by atoms with van der Waals surface area (Å²) in [5.74, 6) is -0.397. The number of thioether (sulfide) groups is 1. The molecule has 2 rings (SSSR count). The number of aromatic carboxylic acids is 1. The van der Waals surface area contributed by atoms with Crippen molar-refractivity contribution in [2.45, 2.75) is 10.6 Å². The quantitative estimate of drug-likeness (QED) is 0.851. The summed E-state index contributed by atoms with van der Waals surface area (Å²) in [5, 5.41) is 10.1. The van der Waals surface area contributed by atoms with Gasteiger partial charge < -0.3 is 5.11 Å². The van der Waals surface area contributed by atoms with E-state index in [1.807, 2.05) is 6.07 Å². The molecule has 1 N–H and O–H groups in total. The second-order valence-electron chi connectivity index (χ2n) is 3.71. The lowest BCUT2D eigenvalue weighted by Crippen LogP contribution is -1.99. The van der Waals surface area contributed by atoms with Crippen molar-refractivity contribution in [2.75, 3.05) is 0 Å². The van der Waals surface area contributed by atoms with Crippen LogP contribution in [0.25, 0.3) is 0 Å². The van der Waals surface area contributed by atoms with Gasteiger partial charge in [0, 0.05) is 26.9 Å². The maximum Gasteiger partial charge on any atom is 0.354 e. The van der Waals surface area contributed by atoms with E-state index >= 15 is 0 Å². The maximum absolute atomic E-state index is 10.8. The Morgan fingerprint density at radius 2 is 2.05 bits per heavy atom. The van der Waals surface area contributed by atoms with Crippen LogP contribution in [0.4, 0.5) is 0 Å². The van der Waals surface area contributed by atoms with Gasteiger partial charge in [-0.25, -0.2) is 9.78 Å². The van der Waals surface area contributed by atoms with Gasteiger partial charge in [0.2, 0.25) is 0 Å². The first-order valence-corrected chi connectivity index (χ1v) is 7.06. The Bertz CT molecular complexity index is 619. The van der Waals surface area contributed by atoms with Crippen LogP contribution in [-0.4, -0.2) is 16.1 Å². The second-order valence-corrected chi connectivity index (χ2v) is 5.60. The van der Waals surface area contributed by atoms with Gasteiger partial charge in [0.1, 0.15) is 5.69 Å². The predicted molar refractivity (Wildman–Crippen MR) is 77.2 cm³/mol. The van der Waals surface area contributed by atoms with E-state index in [0.29, 0.717) is 15.8 Å². The van der Waals surface area contributed by atoms with Gasteiger partial charge in [0.25, 0.3) is 0 Å². The third-order valence-electron chi connectivity index (χ3n) is 2.36. The molecule has 19 heavy (non-hydrogen) atoms. The molecule has 0 saturated heterocycles. The molecule has 1 aromatic carbocycles. The van der Waals surface area contributed by atoms with Crippen molar-refractivity contribution in [3.05, 3.63) is 57.8 Å². The molecule has 0 aliphatic rings. The molecule has 0 spiro atoms. The summed E-state index contributed by atoms with van der Waals surface area (Å²) < 4.78 is 0. The summed E-state index contributed by atoms with van der Waals surface area (Å²) in [6, 6.07) is 8.63. The van der Waals surface area contributed by atoms with Crippen LogP contribution in [0.1, 0.15) is 16.1 Å². The number of carbonyl (C=O) groups is 1. The van der Waals surface area contributed by atoms with E-state index < -0.39 is 5.97 Å². The fraction of sp³-hybridized carbons (Fsp3) is 0.0769. The zero-order chi connectivity index (χ0) is 13.8. The van der Waals surface area contributed by atoms with Crippen LogP contribution in [0.2, 0.25) is 10.0 Å². The van der Waals surface area contributed by atoms with E-state index in [1.54, 1.807) is 18.2 Å². The van der Waals surface area contributed by atoms with Crippen LogP contribution < -0.4 is 0 Å². The molecule has 6 heteroatoms. The number of rotatable bonds is 4. The summed E-state index contributed by atoms with van der Waals surface area (Å²) in [6.45, 7) is 0. The molecule has 98 valence electrons. The zero-order valence-corrected chi connectivity index (χ0v) is 12.0. The van der Waals surface area contributed by atoms with E-state index in [0.717, 1.165) is 10.5 Å². The average Bonchev–Trinajstić information content (AvgIpc) is 2.38. The molecule has 0 atom stereocenters. The van der Waals surface area contributed by atoms with Gasteiger partial charge in [-0.1, -0.05) is 29.3 Å². The number of halogens is 2. The molecule has 0 aliphatic carbocycles. The SMILES string of the molecule is O=C(O)c1cc(SCc2ccc(Cl)cc2Cl)ccn1. The lowest BCUT2D eigenvalue weighted by Gasteiger charge is -2.05. The van der Waals surface area contributed by atoms with Crippen LogP contribution in [0, 0.1) is 0 Å². The van der Waals surface area contributed by atoms with Crippen molar-refractivity contribution < 1.29 is 9.90 Å². The van der Waals surface area contributed by atoms with Gasteiger partial charge in [0.15, 0.2) is 0 Å².